The molecule has 4 heteroatoms. The third-order valence-corrected chi connectivity index (χ3v) is 6.55. The van der Waals surface area contributed by atoms with Crippen molar-refractivity contribution in [3.63, 3.8) is 0 Å². The van der Waals surface area contributed by atoms with E-state index in [-0.39, 0.29) is 0 Å². The Hall–Kier alpha value is -1.84. The molecule has 2 aromatic rings. The van der Waals surface area contributed by atoms with E-state index in [1.807, 2.05) is 0 Å². The Morgan fingerprint density at radius 1 is 0.750 bits per heavy atom. The first kappa shape index (κ1) is 26.4. The van der Waals surface area contributed by atoms with Gasteiger partial charge in [-0.15, -0.1) is 0 Å². The number of carboxylic acids is 1. The smallest absolute Gasteiger partial charge is 0.335 e. The fourth-order valence-electron chi connectivity index (χ4n) is 4.51. The van der Waals surface area contributed by atoms with E-state index in [2.05, 4.69) is 16.9 Å². The number of nitrogens with one attached hydrogen (secondary N) is 1. The van der Waals surface area contributed by atoms with Crippen molar-refractivity contribution >= 4 is 17.0 Å². The molecule has 0 aliphatic carbocycles. The minimum Gasteiger partial charge on any atom is -0.478 e. The molecular formula is C28H46N2O2. The predicted molar refractivity (Wildman–Crippen MR) is 136 cm³/mol. The van der Waals surface area contributed by atoms with Gasteiger partial charge in [-0.05, 0) is 24.6 Å². The number of benzene rings is 1. The lowest BCUT2D eigenvalue weighted by atomic mass is 10.0. The van der Waals surface area contributed by atoms with Crippen molar-refractivity contribution in [1.82, 2.24) is 9.97 Å². The molecule has 0 fully saturated rings. The zero-order valence-electron chi connectivity index (χ0n) is 20.5. The number of rotatable bonds is 20. The molecule has 180 valence electrons. The van der Waals surface area contributed by atoms with Gasteiger partial charge in [0.1, 0.15) is 5.82 Å². The number of nitrogens with zero attached hydrogens (tertiary/aromatic N) is 1. The lowest BCUT2D eigenvalue weighted by Gasteiger charge is -2.03. The fraction of sp³-hybridized carbons (Fsp3) is 0.714. The quantitative estimate of drug-likeness (QED) is 0.201. The first-order chi connectivity index (χ1) is 15.7. The van der Waals surface area contributed by atoms with E-state index >= 15 is 0 Å². The summed E-state index contributed by atoms with van der Waals surface area (Å²) in [6, 6.07) is 5.07. The SMILES string of the molecule is CCCCCCCCCCCCCCCCCCCCc1nc2ccc(C(=O)O)cc2[nH]1. The first-order valence-corrected chi connectivity index (χ1v) is 13.4. The van der Waals surface area contributed by atoms with Crippen molar-refractivity contribution in [3.05, 3.63) is 29.6 Å². The summed E-state index contributed by atoms with van der Waals surface area (Å²) in [5.41, 5.74) is 1.98. The van der Waals surface area contributed by atoms with Crippen molar-refractivity contribution in [3.8, 4) is 0 Å². The predicted octanol–water partition coefficient (Wildman–Crippen LogP) is 8.85. The zero-order chi connectivity index (χ0) is 22.9. The van der Waals surface area contributed by atoms with Crippen molar-refractivity contribution < 1.29 is 9.90 Å². The Labute approximate surface area is 195 Å². The Balaban J connectivity index is 1.36. The van der Waals surface area contributed by atoms with Crippen LogP contribution in [-0.2, 0) is 6.42 Å². The highest BCUT2D eigenvalue weighted by molar-refractivity contribution is 5.92. The number of aromatic nitrogens is 2. The summed E-state index contributed by atoms with van der Waals surface area (Å²) in [6.07, 6.45) is 25.9. The summed E-state index contributed by atoms with van der Waals surface area (Å²) in [5, 5.41) is 9.09. The lowest BCUT2D eigenvalue weighted by Crippen LogP contribution is -1.94. The molecule has 2 rings (SSSR count). The average molecular weight is 443 g/mol. The molecule has 32 heavy (non-hydrogen) atoms. The van der Waals surface area contributed by atoms with Gasteiger partial charge in [0.25, 0.3) is 0 Å². The number of hydrogen-bond donors (Lipinski definition) is 2. The zero-order valence-corrected chi connectivity index (χ0v) is 20.5. The monoisotopic (exact) mass is 442 g/mol. The summed E-state index contributed by atoms with van der Waals surface area (Å²) in [6.45, 7) is 2.29. The molecule has 1 aromatic carbocycles. The average Bonchev–Trinajstić information content (AvgIpc) is 3.20. The van der Waals surface area contributed by atoms with E-state index in [0.29, 0.717) is 5.56 Å². The van der Waals surface area contributed by atoms with Crippen LogP contribution in [0, 0.1) is 0 Å². The van der Waals surface area contributed by atoms with E-state index < -0.39 is 5.97 Å². The molecule has 0 aliphatic heterocycles. The molecule has 2 N–H and O–H groups in total. The standard InChI is InChI=1S/C28H46N2O2/c1-2-3-4-5-6-7-8-9-10-11-12-13-14-15-16-17-18-19-20-27-29-25-22-21-24(28(31)32)23-26(25)30-27/h21-23H,2-20H2,1H3,(H,29,30)(H,31,32). The van der Waals surface area contributed by atoms with Crippen molar-refractivity contribution in [2.75, 3.05) is 0 Å². The highest BCUT2D eigenvalue weighted by atomic mass is 16.4. The lowest BCUT2D eigenvalue weighted by molar-refractivity contribution is 0.0697. The molecule has 0 saturated carbocycles. The van der Waals surface area contributed by atoms with Gasteiger partial charge in [0.05, 0.1) is 16.6 Å². The van der Waals surface area contributed by atoms with Crippen LogP contribution in [-0.4, -0.2) is 21.0 Å². The summed E-state index contributed by atoms with van der Waals surface area (Å²) in [7, 11) is 0. The van der Waals surface area contributed by atoms with Crippen LogP contribution in [0.5, 0.6) is 0 Å². The van der Waals surface area contributed by atoms with E-state index in [1.54, 1.807) is 18.2 Å². The Kier molecular flexibility index (Phi) is 13.8. The van der Waals surface area contributed by atoms with Crippen LogP contribution >= 0.6 is 0 Å². The maximum atomic E-state index is 11.1. The van der Waals surface area contributed by atoms with E-state index in [0.717, 1.165) is 29.7 Å². The van der Waals surface area contributed by atoms with Gasteiger partial charge in [-0.25, -0.2) is 9.78 Å². The Bertz CT molecular complexity index is 753. The second kappa shape index (κ2) is 16.7. The molecule has 0 radical (unpaired) electrons. The minimum atomic E-state index is -0.897. The largest absolute Gasteiger partial charge is 0.478 e. The maximum Gasteiger partial charge on any atom is 0.335 e. The van der Waals surface area contributed by atoms with Gasteiger partial charge in [0.2, 0.25) is 0 Å². The molecular weight excluding hydrogens is 396 g/mol. The van der Waals surface area contributed by atoms with Crippen LogP contribution in [0.1, 0.15) is 139 Å². The number of carbonyl (C=O) groups is 1. The summed E-state index contributed by atoms with van der Waals surface area (Å²) >= 11 is 0. The van der Waals surface area contributed by atoms with E-state index in [4.69, 9.17) is 5.11 Å². The fourth-order valence-corrected chi connectivity index (χ4v) is 4.51. The van der Waals surface area contributed by atoms with Crippen LogP contribution in [0.25, 0.3) is 11.0 Å². The van der Waals surface area contributed by atoms with Crippen LogP contribution < -0.4 is 0 Å². The summed E-state index contributed by atoms with van der Waals surface area (Å²) < 4.78 is 0. The molecule has 0 atom stereocenters. The van der Waals surface area contributed by atoms with Gasteiger partial charge >= 0.3 is 5.97 Å². The molecule has 0 saturated heterocycles. The number of aromatic carboxylic acids is 1. The van der Waals surface area contributed by atoms with Gasteiger partial charge < -0.3 is 10.1 Å². The molecule has 0 aliphatic rings. The van der Waals surface area contributed by atoms with Gasteiger partial charge in [-0.1, -0.05) is 116 Å². The molecule has 0 unspecified atom stereocenters. The number of hydrogen-bond acceptors (Lipinski definition) is 2. The highest BCUT2D eigenvalue weighted by Gasteiger charge is 2.07. The van der Waals surface area contributed by atoms with Gasteiger partial charge in [0, 0.05) is 6.42 Å². The number of imidazole rings is 1. The van der Waals surface area contributed by atoms with Crippen LogP contribution in [0.2, 0.25) is 0 Å². The molecule has 4 nitrogen and oxygen atoms in total. The summed E-state index contributed by atoms with van der Waals surface area (Å²) in [4.78, 5) is 18.9. The number of carboxylic acid groups (broad SMARTS) is 1. The third-order valence-electron chi connectivity index (χ3n) is 6.55. The molecule has 0 spiro atoms. The van der Waals surface area contributed by atoms with Crippen LogP contribution in [0.4, 0.5) is 0 Å². The second-order valence-corrected chi connectivity index (χ2v) is 9.48. The topological polar surface area (TPSA) is 66.0 Å². The van der Waals surface area contributed by atoms with Gasteiger partial charge in [-0.3, -0.25) is 0 Å². The number of unbranched alkanes of at least 4 members (excludes halogenated alkanes) is 17. The second-order valence-electron chi connectivity index (χ2n) is 9.48. The Morgan fingerprint density at radius 3 is 1.69 bits per heavy atom. The Morgan fingerprint density at radius 2 is 1.22 bits per heavy atom. The van der Waals surface area contributed by atoms with Crippen LogP contribution in [0.15, 0.2) is 18.2 Å². The number of aromatic amines is 1. The number of H-pyrrole nitrogens is 1. The van der Waals surface area contributed by atoms with E-state index in [9.17, 15) is 4.79 Å². The van der Waals surface area contributed by atoms with Crippen molar-refractivity contribution in [2.24, 2.45) is 0 Å². The van der Waals surface area contributed by atoms with Crippen molar-refractivity contribution in [2.45, 2.75) is 129 Å². The maximum absolute atomic E-state index is 11.1. The van der Waals surface area contributed by atoms with Gasteiger partial charge in [-0.2, -0.15) is 0 Å². The summed E-state index contributed by atoms with van der Waals surface area (Å²) in [5.74, 6) is 0.0746. The van der Waals surface area contributed by atoms with Gasteiger partial charge in [0.15, 0.2) is 0 Å². The molecule has 0 amide bonds. The van der Waals surface area contributed by atoms with E-state index in [1.165, 1.54) is 109 Å². The minimum absolute atomic E-state index is 0.306. The van der Waals surface area contributed by atoms with Crippen LogP contribution in [0.3, 0.4) is 0 Å². The molecule has 1 aromatic heterocycles. The van der Waals surface area contributed by atoms with Crippen molar-refractivity contribution in [1.29, 1.82) is 0 Å². The first-order valence-electron chi connectivity index (χ1n) is 13.4. The molecule has 1 heterocycles. The highest BCUT2D eigenvalue weighted by Crippen LogP contribution is 2.17. The number of fused-ring (bicyclic) bond motifs is 1. The third kappa shape index (κ3) is 11.2. The molecule has 0 bridgehead atoms. The number of aryl methyl sites for hydroxylation is 1. The normalized spacial score (nSPS) is 11.4.